The van der Waals surface area contributed by atoms with E-state index < -0.39 is 0 Å². The van der Waals surface area contributed by atoms with Crippen LogP contribution < -0.4 is 16.6 Å². The van der Waals surface area contributed by atoms with Crippen molar-refractivity contribution in [2.24, 2.45) is 14.1 Å². The lowest BCUT2D eigenvalue weighted by Crippen LogP contribution is -2.50. The van der Waals surface area contributed by atoms with Gasteiger partial charge in [0.2, 0.25) is 0 Å². The van der Waals surface area contributed by atoms with E-state index in [4.69, 9.17) is 0 Å². The zero-order chi connectivity index (χ0) is 13.3. The van der Waals surface area contributed by atoms with Crippen molar-refractivity contribution in [2.45, 2.75) is 19.5 Å². The van der Waals surface area contributed by atoms with Gasteiger partial charge in [0.05, 0.1) is 0 Å². The number of nitrogens with one attached hydrogen (secondary N) is 1. The maximum absolute atomic E-state index is 11.8. The van der Waals surface area contributed by atoms with Gasteiger partial charge in [-0.25, -0.2) is 4.79 Å². The lowest BCUT2D eigenvalue weighted by molar-refractivity contribution is 0.161. The van der Waals surface area contributed by atoms with E-state index >= 15 is 0 Å². The molecule has 6 heteroatoms. The standard InChI is InChI=1S/C12H20N4O2/c1-9-7-13-4-5-16(9)8-10-6-11(17)15(3)12(18)14(10)2/h6,9,13H,4-5,7-8H2,1-3H3. The molecule has 1 aliphatic rings. The Kier molecular flexibility index (Phi) is 3.68. The van der Waals surface area contributed by atoms with Gasteiger partial charge in [-0.3, -0.25) is 18.8 Å². The second-order valence-corrected chi connectivity index (χ2v) is 4.90. The Morgan fingerprint density at radius 2 is 2.06 bits per heavy atom. The van der Waals surface area contributed by atoms with Crippen molar-refractivity contribution in [2.75, 3.05) is 19.6 Å². The molecule has 1 unspecified atom stereocenters. The zero-order valence-electron chi connectivity index (χ0n) is 11.1. The van der Waals surface area contributed by atoms with E-state index in [1.165, 1.54) is 7.05 Å². The fraction of sp³-hybridized carbons (Fsp3) is 0.667. The Bertz CT molecular complexity index is 546. The van der Waals surface area contributed by atoms with Crippen molar-refractivity contribution in [3.63, 3.8) is 0 Å². The summed E-state index contributed by atoms with van der Waals surface area (Å²) in [5.41, 5.74) is 0.271. The molecular formula is C12H20N4O2. The van der Waals surface area contributed by atoms with Crippen LogP contribution in [0.2, 0.25) is 0 Å². The Labute approximate surface area is 106 Å². The normalized spacial score (nSPS) is 21.2. The smallest absolute Gasteiger partial charge is 0.314 e. The summed E-state index contributed by atoms with van der Waals surface area (Å²) in [7, 11) is 3.21. The highest BCUT2D eigenvalue weighted by Crippen LogP contribution is 2.07. The molecule has 1 aromatic heterocycles. The number of nitrogens with zero attached hydrogens (tertiary/aromatic N) is 3. The van der Waals surface area contributed by atoms with Crippen LogP contribution in [-0.2, 0) is 20.6 Å². The number of rotatable bonds is 2. The van der Waals surface area contributed by atoms with Crippen molar-refractivity contribution in [3.8, 4) is 0 Å². The third-order valence-corrected chi connectivity index (χ3v) is 3.63. The number of hydrogen-bond donors (Lipinski definition) is 1. The summed E-state index contributed by atoms with van der Waals surface area (Å²) in [6, 6.07) is 1.97. The maximum Gasteiger partial charge on any atom is 0.330 e. The highest BCUT2D eigenvalue weighted by atomic mass is 16.2. The van der Waals surface area contributed by atoms with Crippen LogP contribution in [0.5, 0.6) is 0 Å². The molecule has 1 fully saturated rings. The lowest BCUT2D eigenvalue weighted by Gasteiger charge is -2.34. The van der Waals surface area contributed by atoms with E-state index in [-0.39, 0.29) is 11.2 Å². The number of aromatic nitrogens is 2. The molecule has 18 heavy (non-hydrogen) atoms. The summed E-state index contributed by atoms with van der Waals surface area (Å²) in [4.78, 5) is 25.8. The van der Waals surface area contributed by atoms with Gasteiger partial charge in [-0.15, -0.1) is 0 Å². The molecule has 0 radical (unpaired) electrons. The largest absolute Gasteiger partial charge is 0.330 e. The van der Waals surface area contributed by atoms with E-state index in [1.54, 1.807) is 17.7 Å². The van der Waals surface area contributed by atoms with E-state index in [0.717, 1.165) is 29.9 Å². The third kappa shape index (κ3) is 2.39. The summed E-state index contributed by atoms with van der Waals surface area (Å²) in [6.07, 6.45) is 0. The van der Waals surface area contributed by atoms with Crippen LogP contribution in [0.4, 0.5) is 0 Å². The van der Waals surface area contributed by atoms with Gasteiger partial charge in [0.1, 0.15) is 0 Å². The van der Waals surface area contributed by atoms with Crippen LogP contribution in [0.25, 0.3) is 0 Å². The highest BCUT2D eigenvalue weighted by Gasteiger charge is 2.19. The molecule has 0 saturated carbocycles. The first-order valence-corrected chi connectivity index (χ1v) is 6.21. The van der Waals surface area contributed by atoms with E-state index in [1.807, 2.05) is 0 Å². The Morgan fingerprint density at radius 1 is 1.33 bits per heavy atom. The molecule has 0 amide bonds. The predicted molar refractivity (Wildman–Crippen MR) is 69.7 cm³/mol. The van der Waals surface area contributed by atoms with Crippen LogP contribution in [0.1, 0.15) is 12.6 Å². The minimum absolute atomic E-state index is 0.240. The fourth-order valence-corrected chi connectivity index (χ4v) is 2.26. The van der Waals surface area contributed by atoms with Crippen LogP contribution in [-0.4, -0.2) is 39.7 Å². The summed E-state index contributed by atoms with van der Waals surface area (Å²) < 4.78 is 2.68. The van der Waals surface area contributed by atoms with Crippen LogP contribution in [0, 0.1) is 0 Å². The number of hydrogen-bond acceptors (Lipinski definition) is 4. The number of piperazine rings is 1. The Balaban J connectivity index is 2.29. The molecule has 1 N–H and O–H groups in total. The van der Waals surface area contributed by atoms with E-state index in [9.17, 15) is 9.59 Å². The average molecular weight is 252 g/mol. The quantitative estimate of drug-likeness (QED) is 0.724. The first kappa shape index (κ1) is 13.0. The van der Waals surface area contributed by atoms with Gasteiger partial charge in [0.25, 0.3) is 5.56 Å². The van der Waals surface area contributed by atoms with Gasteiger partial charge in [-0.2, -0.15) is 0 Å². The average Bonchev–Trinajstić information content (AvgIpc) is 2.36. The molecule has 1 aromatic rings. The van der Waals surface area contributed by atoms with E-state index in [2.05, 4.69) is 17.1 Å². The molecule has 0 aliphatic carbocycles. The van der Waals surface area contributed by atoms with Crippen LogP contribution >= 0.6 is 0 Å². The molecule has 0 aromatic carbocycles. The summed E-state index contributed by atoms with van der Waals surface area (Å²) >= 11 is 0. The van der Waals surface area contributed by atoms with Crippen molar-refractivity contribution >= 4 is 0 Å². The molecule has 0 spiro atoms. The van der Waals surface area contributed by atoms with Crippen molar-refractivity contribution in [3.05, 3.63) is 32.6 Å². The molecule has 0 bridgehead atoms. The minimum Gasteiger partial charge on any atom is -0.314 e. The first-order chi connectivity index (χ1) is 8.50. The van der Waals surface area contributed by atoms with Gasteiger partial charge in [0, 0.05) is 58.1 Å². The molecule has 1 saturated heterocycles. The monoisotopic (exact) mass is 252 g/mol. The molecule has 1 atom stereocenters. The predicted octanol–water partition coefficient (Wildman–Crippen LogP) is -1.12. The summed E-state index contributed by atoms with van der Waals surface area (Å²) in [5, 5.41) is 3.32. The van der Waals surface area contributed by atoms with Gasteiger partial charge in [-0.1, -0.05) is 0 Å². The van der Waals surface area contributed by atoms with Gasteiger partial charge in [0.15, 0.2) is 0 Å². The lowest BCUT2D eigenvalue weighted by atomic mass is 10.2. The van der Waals surface area contributed by atoms with Crippen molar-refractivity contribution < 1.29 is 0 Å². The molecule has 1 aliphatic heterocycles. The van der Waals surface area contributed by atoms with Gasteiger partial charge < -0.3 is 5.32 Å². The summed E-state index contributed by atoms with van der Waals surface area (Å²) in [6.45, 7) is 5.61. The molecule has 100 valence electrons. The summed E-state index contributed by atoms with van der Waals surface area (Å²) in [5.74, 6) is 0. The maximum atomic E-state index is 11.8. The highest BCUT2D eigenvalue weighted by molar-refractivity contribution is 5.03. The Hall–Kier alpha value is -1.40. The SMILES string of the molecule is CC1CNCCN1Cc1cc(=O)n(C)c(=O)n1C. The second-order valence-electron chi connectivity index (χ2n) is 4.90. The third-order valence-electron chi connectivity index (χ3n) is 3.63. The zero-order valence-corrected chi connectivity index (χ0v) is 11.1. The van der Waals surface area contributed by atoms with Gasteiger partial charge in [-0.05, 0) is 6.92 Å². The topological polar surface area (TPSA) is 59.3 Å². The molecule has 2 rings (SSSR count). The molecule has 2 heterocycles. The van der Waals surface area contributed by atoms with Crippen molar-refractivity contribution in [1.82, 2.24) is 19.4 Å². The minimum atomic E-state index is -0.264. The van der Waals surface area contributed by atoms with Gasteiger partial charge >= 0.3 is 5.69 Å². The van der Waals surface area contributed by atoms with E-state index in [0.29, 0.717) is 12.6 Å². The second kappa shape index (κ2) is 5.07. The molecule has 6 nitrogen and oxygen atoms in total. The van der Waals surface area contributed by atoms with Crippen molar-refractivity contribution in [1.29, 1.82) is 0 Å². The Morgan fingerprint density at radius 3 is 2.72 bits per heavy atom. The first-order valence-electron chi connectivity index (χ1n) is 6.21. The van der Waals surface area contributed by atoms with Crippen LogP contribution in [0.3, 0.4) is 0 Å². The molecular weight excluding hydrogens is 232 g/mol. The van der Waals surface area contributed by atoms with Crippen LogP contribution in [0.15, 0.2) is 15.7 Å². The fourth-order valence-electron chi connectivity index (χ4n) is 2.26.